The van der Waals surface area contributed by atoms with Crippen LogP contribution >= 0.6 is 0 Å². The Hall–Kier alpha value is -3.65. The lowest BCUT2D eigenvalue weighted by molar-refractivity contribution is -0.255. The lowest BCUT2D eigenvalue weighted by atomic mass is 10.0. The molecule has 0 atom stereocenters. The van der Waals surface area contributed by atoms with E-state index in [1.807, 2.05) is 30.3 Å². The highest BCUT2D eigenvalue weighted by molar-refractivity contribution is 5.93. The van der Waals surface area contributed by atoms with Crippen molar-refractivity contribution in [2.75, 3.05) is 6.79 Å². The molecular weight excluding hydrogens is 374 g/mol. The predicted molar refractivity (Wildman–Crippen MR) is 104 cm³/mol. The zero-order valence-corrected chi connectivity index (χ0v) is 15.9. The minimum Gasteiger partial charge on any atom is -0.545 e. The summed E-state index contributed by atoms with van der Waals surface area (Å²) in [5, 5.41) is 11.3. The maximum atomic E-state index is 13.0. The first-order valence-corrected chi connectivity index (χ1v) is 8.94. The number of hydrogen-bond acceptors (Lipinski definition) is 6. The smallest absolute Gasteiger partial charge is 0.297 e. The lowest BCUT2D eigenvalue weighted by Crippen LogP contribution is -2.23. The van der Waals surface area contributed by atoms with Crippen molar-refractivity contribution in [3.63, 3.8) is 0 Å². The van der Waals surface area contributed by atoms with Crippen molar-refractivity contribution in [2.24, 2.45) is 12.0 Å². The third-order valence-corrected chi connectivity index (χ3v) is 4.83. The van der Waals surface area contributed by atoms with Crippen LogP contribution in [-0.2, 0) is 18.4 Å². The van der Waals surface area contributed by atoms with Gasteiger partial charge in [0.15, 0.2) is 12.5 Å². The van der Waals surface area contributed by atoms with Crippen LogP contribution in [0.4, 0.5) is 5.69 Å². The number of rotatable bonds is 4. The number of carboxylic acid groups (broad SMARTS) is 1. The van der Waals surface area contributed by atoms with E-state index in [4.69, 9.17) is 9.47 Å². The van der Waals surface area contributed by atoms with Gasteiger partial charge in [-0.25, -0.2) is 9.67 Å². The van der Waals surface area contributed by atoms with Crippen molar-refractivity contribution < 1.29 is 19.4 Å². The van der Waals surface area contributed by atoms with Crippen molar-refractivity contribution >= 4 is 17.9 Å². The van der Waals surface area contributed by atoms with Gasteiger partial charge in [-0.05, 0) is 36.8 Å². The van der Waals surface area contributed by atoms with Gasteiger partial charge >= 0.3 is 0 Å². The molecule has 8 nitrogen and oxygen atoms in total. The molecule has 2 heterocycles. The lowest BCUT2D eigenvalue weighted by Gasteiger charge is -2.20. The highest BCUT2D eigenvalue weighted by Crippen LogP contribution is 2.29. The first-order valence-electron chi connectivity index (χ1n) is 8.94. The van der Waals surface area contributed by atoms with Crippen LogP contribution in [0.5, 0.6) is 5.75 Å². The number of fused-ring (bicyclic) bond motifs is 1. The van der Waals surface area contributed by atoms with Crippen LogP contribution in [-0.4, -0.2) is 28.3 Å². The Bertz CT molecular complexity index is 1180. The second-order valence-electron chi connectivity index (χ2n) is 6.62. The SMILES string of the molecule is Cc1c(N=Cc2cc(C(=O)[O-])cc3c2OCOC3)c(=O)n(-c2ccccc2)n1C. The van der Waals surface area contributed by atoms with Gasteiger partial charge in [-0.1, -0.05) is 18.2 Å². The van der Waals surface area contributed by atoms with E-state index in [1.54, 1.807) is 18.7 Å². The van der Waals surface area contributed by atoms with Crippen molar-refractivity contribution in [1.29, 1.82) is 0 Å². The van der Waals surface area contributed by atoms with Crippen molar-refractivity contribution in [1.82, 2.24) is 9.36 Å². The Kier molecular flexibility index (Phi) is 4.77. The predicted octanol–water partition coefficient (Wildman–Crippen LogP) is 1.47. The van der Waals surface area contributed by atoms with Crippen molar-refractivity contribution in [3.05, 3.63) is 75.2 Å². The van der Waals surface area contributed by atoms with Gasteiger partial charge < -0.3 is 19.4 Å². The second-order valence-corrected chi connectivity index (χ2v) is 6.62. The van der Waals surface area contributed by atoms with Gasteiger partial charge in [-0.15, -0.1) is 0 Å². The molecule has 0 amide bonds. The quantitative estimate of drug-likeness (QED) is 0.626. The molecular formula is C21H18N3O5-. The number of hydrogen-bond donors (Lipinski definition) is 0. The summed E-state index contributed by atoms with van der Waals surface area (Å²) in [5.74, 6) is -0.822. The molecule has 0 saturated heterocycles. The number of carbonyl (C=O) groups is 1. The van der Waals surface area contributed by atoms with E-state index in [0.717, 1.165) is 5.69 Å². The Morgan fingerprint density at radius 1 is 1.24 bits per heavy atom. The molecule has 0 N–H and O–H groups in total. The molecule has 0 spiro atoms. The number of aromatic nitrogens is 2. The first-order chi connectivity index (χ1) is 14.0. The van der Waals surface area contributed by atoms with Gasteiger partial charge in [-0.3, -0.25) is 9.48 Å². The number of nitrogens with zero attached hydrogens (tertiary/aromatic N) is 3. The molecule has 1 aliphatic heterocycles. The molecule has 0 aliphatic carbocycles. The third-order valence-electron chi connectivity index (χ3n) is 4.83. The Balaban J connectivity index is 1.81. The highest BCUT2D eigenvalue weighted by atomic mass is 16.7. The molecule has 0 radical (unpaired) electrons. The van der Waals surface area contributed by atoms with E-state index in [9.17, 15) is 14.7 Å². The largest absolute Gasteiger partial charge is 0.545 e. The summed E-state index contributed by atoms with van der Waals surface area (Å²) in [4.78, 5) is 28.7. The number of ether oxygens (including phenoxy) is 2. The molecule has 148 valence electrons. The molecule has 0 saturated carbocycles. The molecule has 0 unspecified atom stereocenters. The summed E-state index contributed by atoms with van der Waals surface area (Å²) in [6.07, 6.45) is 1.44. The summed E-state index contributed by atoms with van der Waals surface area (Å²) in [5.41, 5.74) is 2.40. The van der Waals surface area contributed by atoms with E-state index in [0.29, 0.717) is 22.6 Å². The fraction of sp³-hybridized carbons (Fsp3) is 0.190. The van der Waals surface area contributed by atoms with Gasteiger partial charge in [-0.2, -0.15) is 0 Å². The molecule has 8 heteroatoms. The van der Waals surface area contributed by atoms with Gasteiger partial charge in [0.05, 0.1) is 24.0 Å². The Morgan fingerprint density at radius 3 is 2.72 bits per heavy atom. The molecule has 2 aromatic carbocycles. The van der Waals surface area contributed by atoms with Crippen LogP contribution in [0.2, 0.25) is 0 Å². The van der Waals surface area contributed by atoms with Gasteiger partial charge in [0.2, 0.25) is 0 Å². The van der Waals surface area contributed by atoms with Gasteiger partial charge in [0.25, 0.3) is 5.56 Å². The molecule has 1 aromatic heterocycles. The molecule has 3 aromatic rings. The van der Waals surface area contributed by atoms with E-state index in [-0.39, 0.29) is 30.2 Å². The van der Waals surface area contributed by atoms with Crippen molar-refractivity contribution in [3.8, 4) is 11.4 Å². The number of aromatic carboxylic acids is 1. The third kappa shape index (κ3) is 3.34. The maximum Gasteiger partial charge on any atom is 0.297 e. The van der Waals surface area contributed by atoms with E-state index < -0.39 is 5.97 Å². The van der Waals surface area contributed by atoms with E-state index in [2.05, 4.69) is 4.99 Å². The van der Waals surface area contributed by atoms with E-state index >= 15 is 0 Å². The summed E-state index contributed by atoms with van der Waals surface area (Å²) < 4.78 is 14.0. The van der Waals surface area contributed by atoms with Crippen LogP contribution < -0.4 is 15.4 Å². The molecule has 0 fully saturated rings. The fourth-order valence-corrected chi connectivity index (χ4v) is 3.30. The number of benzene rings is 2. The second kappa shape index (κ2) is 7.40. The van der Waals surface area contributed by atoms with Gasteiger partial charge in [0.1, 0.15) is 5.75 Å². The topological polar surface area (TPSA) is 97.9 Å². The normalized spacial score (nSPS) is 13.3. The fourth-order valence-electron chi connectivity index (χ4n) is 3.30. The summed E-state index contributed by atoms with van der Waals surface area (Å²) in [7, 11) is 1.78. The highest BCUT2D eigenvalue weighted by Gasteiger charge is 2.18. The Morgan fingerprint density at radius 2 is 2.00 bits per heavy atom. The maximum absolute atomic E-state index is 13.0. The zero-order valence-electron chi connectivity index (χ0n) is 15.9. The number of aliphatic imine (C=N–C) groups is 1. The van der Waals surface area contributed by atoms with E-state index in [1.165, 1.54) is 23.0 Å². The van der Waals surface area contributed by atoms with Crippen molar-refractivity contribution in [2.45, 2.75) is 13.5 Å². The number of para-hydroxylation sites is 1. The summed E-state index contributed by atoms with van der Waals surface area (Å²) in [6, 6.07) is 12.1. The molecule has 1 aliphatic rings. The molecule has 4 rings (SSSR count). The zero-order chi connectivity index (χ0) is 20.5. The number of carboxylic acids is 1. The monoisotopic (exact) mass is 392 g/mol. The molecule has 0 bridgehead atoms. The average Bonchev–Trinajstić information content (AvgIpc) is 2.95. The van der Waals surface area contributed by atoms with Crippen LogP contribution in [0.15, 0.2) is 52.3 Å². The first kappa shape index (κ1) is 18.7. The van der Waals surface area contributed by atoms with Crippen LogP contribution in [0.3, 0.4) is 0 Å². The summed E-state index contributed by atoms with van der Waals surface area (Å²) >= 11 is 0. The van der Waals surface area contributed by atoms with Crippen LogP contribution in [0.25, 0.3) is 5.69 Å². The average molecular weight is 392 g/mol. The minimum atomic E-state index is -1.31. The molecule has 29 heavy (non-hydrogen) atoms. The van der Waals surface area contributed by atoms with Crippen LogP contribution in [0, 0.1) is 6.92 Å². The number of carbonyl (C=O) groups excluding carboxylic acids is 1. The minimum absolute atomic E-state index is 0.00854. The van der Waals surface area contributed by atoms with Crippen LogP contribution in [0.1, 0.15) is 27.2 Å². The Labute approximate surface area is 166 Å². The standard InChI is InChI=1S/C21H19N3O5/c1-13-18(20(25)24(23(13)2)17-6-4-3-5-7-17)22-10-15-8-14(21(26)27)9-16-11-28-12-29-19(15)16/h3-10H,11-12H2,1-2H3,(H,26,27)/p-1. The summed E-state index contributed by atoms with van der Waals surface area (Å²) in [6.45, 7) is 2.08. The van der Waals surface area contributed by atoms with Gasteiger partial charge in [0, 0.05) is 24.4 Å².